The molecule has 0 saturated carbocycles. The molecule has 0 fully saturated rings. The monoisotopic (exact) mass is 353 g/mol. The summed E-state index contributed by atoms with van der Waals surface area (Å²) < 4.78 is 1.06. The number of rotatable bonds is 4. The van der Waals surface area contributed by atoms with E-state index < -0.39 is 6.03 Å². The van der Waals surface area contributed by atoms with E-state index in [1.807, 2.05) is 12.1 Å². The van der Waals surface area contributed by atoms with Crippen LogP contribution in [0, 0.1) is 8.48 Å². The second-order valence-electron chi connectivity index (χ2n) is 2.83. The summed E-state index contributed by atoms with van der Waals surface area (Å²) >= 11 is 7.58. The molecule has 1 rings (SSSR count). The molecule has 0 aliphatic rings. The molecule has 0 atom stereocenters. The molecular weight excluding hydrogens is 344 g/mol. The van der Waals surface area contributed by atoms with Crippen molar-refractivity contribution in [3.63, 3.8) is 0 Å². The molecule has 86 valence electrons. The van der Waals surface area contributed by atoms with Gasteiger partial charge in [0.1, 0.15) is 0 Å². The van der Waals surface area contributed by atoms with E-state index in [2.05, 4.69) is 33.2 Å². The lowest BCUT2D eigenvalue weighted by molar-refractivity contribution is 0.216. The summed E-state index contributed by atoms with van der Waals surface area (Å²) in [6.07, 6.45) is 0. The van der Waals surface area contributed by atoms with Crippen LogP contribution >= 0.6 is 34.2 Å². The Morgan fingerprint density at radius 1 is 1.44 bits per heavy atom. The topological polar surface area (TPSA) is 61.8 Å². The van der Waals surface area contributed by atoms with Crippen LogP contribution < -0.4 is 5.32 Å². The molecule has 5 nitrogen and oxygen atoms in total. The Morgan fingerprint density at radius 3 is 2.56 bits per heavy atom. The minimum absolute atomic E-state index is 0.0846. The summed E-state index contributed by atoms with van der Waals surface area (Å²) in [6, 6.07) is 6.58. The van der Waals surface area contributed by atoms with Gasteiger partial charge in [0, 0.05) is 15.1 Å². The molecule has 0 spiro atoms. The van der Waals surface area contributed by atoms with Gasteiger partial charge in [0.15, 0.2) is 0 Å². The second kappa shape index (κ2) is 6.64. The van der Waals surface area contributed by atoms with Gasteiger partial charge in [0.25, 0.3) is 0 Å². The molecule has 0 aliphatic carbocycles. The Kier molecular flexibility index (Phi) is 5.47. The van der Waals surface area contributed by atoms with Crippen LogP contribution in [0.3, 0.4) is 0 Å². The number of amides is 2. The molecule has 0 saturated heterocycles. The van der Waals surface area contributed by atoms with Gasteiger partial charge in [-0.2, -0.15) is 5.01 Å². The Labute approximate surface area is 111 Å². The molecule has 16 heavy (non-hydrogen) atoms. The smallest absolute Gasteiger partial charge is 0.306 e. The third-order valence-electron chi connectivity index (χ3n) is 1.72. The maximum atomic E-state index is 11.5. The highest BCUT2D eigenvalue weighted by Crippen LogP contribution is 2.11. The summed E-state index contributed by atoms with van der Waals surface area (Å²) in [5, 5.41) is 5.85. The van der Waals surface area contributed by atoms with E-state index in [0.29, 0.717) is 5.69 Å². The first-order chi connectivity index (χ1) is 7.67. The minimum atomic E-state index is -0.586. The van der Waals surface area contributed by atoms with E-state index in [0.717, 1.165) is 8.58 Å². The Hall–Kier alpha value is -0.890. The number of hydrogen-bond donors (Lipinski definition) is 1. The number of nitrogens with one attached hydrogen (secondary N) is 1. The third-order valence-corrected chi connectivity index (χ3v) is 2.61. The Bertz CT molecular complexity index is 372. The van der Waals surface area contributed by atoms with Crippen LogP contribution in [-0.4, -0.2) is 23.5 Å². The van der Waals surface area contributed by atoms with Gasteiger partial charge in [0.05, 0.1) is 11.8 Å². The zero-order valence-electron chi connectivity index (χ0n) is 8.19. The normalized spacial score (nSPS) is 9.62. The molecule has 0 aromatic heterocycles. The Morgan fingerprint density at radius 2 is 2.06 bits per heavy atom. The lowest BCUT2D eigenvalue weighted by Gasteiger charge is -2.12. The fourth-order valence-electron chi connectivity index (χ4n) is 0.981. The van der Waals surface area contributed by atoms with Crippen molar-refractivity contribution in [1.29, 1.82) is 0 Å². The molecular formula is C9H9ClIN3O2. The lowest BCUT2D eigenvalue weighted by atomic mass is 10.3. The molecule has 1 aromatic rings. The maximum absolute atomic E-state index is 11.5. The average Bonchev–Trinajstić information content (AvgIpc) is 2.29. The molecule has 7 heteroatoms. The third kappa shape index (κ3) is 3.93. The van der Waals surface area contributed by atoms with Crippen LogP contribution in [0.2, 0.25) is 0 Å². The largest absolute Gasteiger partial charge is 0.344 e. The average molecular weight is 354 g/mol. The number of halogens is 2. The van der Waals surface area contributed by atoms with Crippen molar-refractivity contribution in [2.45, 2.75) is 0 Å². The molecule has 1 N–H and O–H groups in total. The van der Waals surface area contributed by atoms with Crippen LogP contribution in [0.25, 0.3) is 0 Å². The number of nitroso groups, excluding NO2 is 1. The maximum Gasteiger partial charge on any atom is 0.344 e. The second-order valence-corrected chi connectivity index (χ2v) is 4.45. The van der Waals surface area contributed by atoms with Gasteiger partial charge in [-0.15, -0.1) is 16.5 Å². The van der Waals surface area contributed by atoms with E-state index in [9.17, 15) is 9.70 Å². The SMILES string of the molecule is O=NN(CCCl)C(=O)Nc1ccc(I)cc1. The standard InChI is InChI=1S/C9H9ClIN3O2/c10-5-6-14(13-16)9(15)12-8-3-1-7(11)2-4-8/h1-4H,5-6H2,(H,12,15). The van der Waals surface area contributed by atoms with Gasteiger partial charge >= 0.3 is 6.03 Å². The van der Waals surface area contributed by atoms with Crippen molar-refractivity contribution in [3.05, 3.63) is 32.7 Å². The molecule has 0 unspecified atom stereocenters. The van der Waals surface area contributed by atoms with Gasteiger partial charge in [-0.3, -0.25) is 0 Å². The highest BCUT2D eigenvalue weighted by Gasteiger charge is 2.12. The van der Waals surface area contributed by atoms with Gasteiger partial charge in [-0.1, -0.05) is 0 Å². The quantitative estimate of drug-likeness (QED) is 0.391. The van der Waals surface area contributed by atoms with Gasteiger partial charge < -0.3 is 5.32 Å². The molecule has 0 bridgehead atoms. The first-order valence-electron chi connectivity index (χ1n) is 4.40. The summed E-state index contributed by atoms with van der Waals surface area (Å²) in [4.78, 5) is 21.8. The number of carbonyl (C=O) groups is 1. The van der Waals surface area contributed by atoms with Gasteiger partial charge in [-0.05, 0) is 46.9 Å². The first-order valence-corrected chi connectivity index (χ1v) is 6.02. The number of anilines is 1. The van der Waals surface area contributed by atoms with Crippen molar-refractivity contribution in [1.82, 2.24) is 5.01 Å². The predicted octanol–water partition coefficient (Wildman–Crippen LogP) is 3.05. The number of benzene rings is 1. The number of nitrogens with zero attached hydrogens (tertiary/aromatic N) is 2. The number of alkyl halides is 1. The van der Waals surface area contributed by atoms with Crippen molar-refractivity contribution in [2.24, 2.45) is 5.29 Å². The molecule has 2 amide bonds. The summed E-state index contributed by atoms with van der Waals surface area (Å²) in [7, 11) is 0. The summed E-state index contributed by atoms with van der Waals surface area (Å²) in [5.41, 5.74) is 0.605. The lowest BCUT2D eigenvalue weighted by Crippen LogP contribution is -2.31. The number of carbonyl (C=O) groups excluding carboxylic acids is 1. The highest BCUT2D eigenvalue weighted by atomic mass is 127. The van der Waals surface area contributed by atoms with Gasteiger partial charge in [-0.25, -0.2) is 4.79 Å². The van der Waals surface area contributed by atoms with E-state index in [4.69, 9.17) is 11.6 Å². The molecule has 0 aliphatic heterocycles. The van der Waals surface area contributed by atoms with Crippen LogP contribution in [0.5, 0.6) is 0 Å². The molecule has 1 aromatic carbocycles. The minimum Gasteiger partial charge on any atom is -0.306 e. The van der Waals surface area contributed by atoms with Crippen molar-refractivity contribution >= 4 is 45.9 Å². The van der Waals surface area contributed by atoms with Crippen molar-refractivity contribution in [3.8, 4) is 0 Å². The van der Waals surface area contributed by atoms with E-state index in [1.54, 1.807) is 12.1 Å². The summed E-state index contributed by atoms with van der Waals surface area (Å²) in [6.45, 7) is 0.0846. The Balaban J connectivity index is 2.62. The van der Waals surface area contributed by atoms with Gasteiger partial charge in [0.2, 0.25) is 0 Å². The number of hydrogen-bond acceptors (Lipinski definition) is 3. The van der Waals surface area contributed by atoms with Crippen LogP contribution in [0.1, 0.15) is 0 Å². The highest BCUT2D eigenvalue weighted by molar-refractivity contribution is 14.1. The first kappa shape index (κ1) is 13.2. The molecule has 0 radical (unpaired) electrons. The number of urea groups is 1. The fourth-order valence-corrected chi connectivity index (χ4v) is 1.50. The van der Waals surface area contributed by atoms with Crippen molar-refractivity contribution in [2.75, 3.05) is 17.7 Å². The van der Waals surface area contributed by atoms with Crippen LogP contribution in [0.15, 0.2) is 29.6 Å². The molecule has 0 heterocycles. The zero-order valence-corrected chi connectivity index (χ0v) is 11.1. The van der Waals surface area contributed by atoms with Crippen molar-refractivity contribution < 1.29 is 4.79 Å². The van der Waals surface area contributed by atoms with E-state index in [-0.39, 0.29) is 12.4 Å². The predicted molar refractivity (Wildman–Crippen MR) is 71.4 cm³/mol. The van der Waals surface area contributed by atoms with Crippen LogP contribution in [-0.2, 0) is 0 Å². The van der Waals surface area contributed by atoms with E-state index in [1.165, 1.54) is 0 Å². The van der Waals surface area contributed by atoms with E-state index >= 15 is 0 Å². The fraction of sp³-hybridized carbons (Fsp3) is 0.222. The van der Waals surface area contributed by atoms with Crippen LogP contribution in [0.4, 0.5) is 10.5 Å². The zero-order chi connectivity index (χ0) is 12.0. The summed E-state index contributed by atoms with van der Waals surface area (Å²) in [5.74, 6) is 0.159.